The van der Waals surface area contributed by atoms with Gasteiger partial charge in [0.15, 0.2) is 0 Å². The zero-order valence-corrected chi connectivity index (χ0v) is 13.0. The molecule has 0 aliphatic carbocycles. The number of hydrogen-bond donors (Lipinski definition) is 2. The predicted molar refractivity (Wildman–Crippen MR) is 79.9 cm³/mol. The van der Waals surface area contributed by atoms with Crippen molar-refractivity contribution in [3.63, 3.8) is 0 Å². The Morgan fingerprint density at radius 3 is 2.05 bits per heavy atom. The first-order chi connectivity index (χ1) is 9.60. The Morgan fingerprint density at radius 2 is 1.70 bits per heavy atom. The highest BCUT2D eigenvalue weighted by Gasteiger charge is 2.30. The van der Waals surface area contributed by atoms with Crippen LogP contribution in [0.1, 0.15) is 32.4 Å². The molecule has 3 N–H and O–H groups in total. The molecule has 20 heavy (non-hydrogen) atoms. The molecule has 0 bridgehead atoms. The fourth-order valence-electron chi connectivity index (χ4n) is 2.39. The third kappa shape index (κ3) is 3.62. The van der Waals surface area contributed by atoms with Crippen LogP contribution in [0.4, 0.5) is 0 Å². The molecule has 114 valence electrons. The summed E-state index contributed by atoms with van der Waals surface area (Å²) in [7, 11) is 3.27. The molecule has 1 aromatic rings. The van der Waals surface area contributed by atoms with Crippen molar-refractivity contribution in [1.29, 1.82) is 0 Å². The highest BCUT2D eigenvalue weighted by Crippen LogP contribution is 2.37. The number of nitrogens with one attached hydrogen (secondary N) is 1. The van der Waals surface area contributed by atoms with Crippen LogP contribution in [0.3, 0.4) is 0 Å². The Morgan fingerprint density at radius 1 is 1.15 bits per heavy atom. The molecule has 2 atom stereocenters. The molecule has 5 heteroatoms. The zero-order chi connectivity index (χ0) is 15.1. The molecule has 0 fully saturated rings. The second kappa shape index (κ2) is 8.09. The van der Waals surface area contributed by atoms with Gasteiger partial charge in [-0.05, 0) is 25.0 Å². The van der Waals surface area contributed by atoms with Gasteiger partial charge in [-0.3, -0.25) is 11.3 Å². The van der Waals surface area contributed by atoms with Crippen molar-refractivity contribution in [2.75, 3.05) is 20.8 Å². The molecule has 0 amide bonds. The smallest absolute Gasteiger partial charge is 0.127 e. The van der Waals surface area contributed by atoms with E-state index < -0.39 is 0 Å². The molecule has 1 rings (SSSR count). The van der Waals surface area contributed by atoms with Crippen LogP contribution in [0.2, 0.25) is 0 Å². The van der Waals surface area contributed by atoms with Crippen molar-refractivity contribution < 1.29 is 14.2 Å². The molecule has 1 aromatic carbocycles. The quantitative estimate of drug-likeness (QED) is 0.565. The van der Waals surface area contributed by atoms with Crippen molar-refractivity contribution >= 4 is 0 Å². The van der Waals surface area contributed by atoms with Gasteiger partial charge >= 0.3 is 0 Å². The number of rotatable bonds is 8. The van der Waals surface area contributed by atoms with Crippen molar-refractivity contribution in [3.8, 4) is 11.5 Å². The van der Waals surface area contributed by atoms with E-state index in [0.29, 0.717) is 12.5 Å². The van der Waals surface area contributed by atoms with Gasteiger partial charge in [0.2, 0.25) is 0 Å². The fourth-order valence-corrected chi connectivity index (χ4v) is 2.39. The number of nitrogens with two attached hydrogens (primary N) is 1. The lowest BCUT2D eigenvalue weighted by Gasteiger charge is -2.31. The third-order valence-corrected chi connectivity index (χ3v) is 3.30. The van der Waals surface area contributed by atoms with Crippen LogP contribution in [-0.4, -0.2) is 26.9 Å². The largest absolute Gasteiger partial charge is 0.496 e. The Balaban J connectivity index is 3.28. The van der Waals surface area contributed by atoms with E-state index >= 15 is 0 Å². The summed E-state index contributed by atoms with van der Waals surface area (Å²) in [5.74, 6) is 7.54. The summed E-state index contributed by atoms with van der Waals surface area (Å²) in [4.78, 5) is 0. The molecular weight excluding hydrogens is 256 g/mol. The molecule has 0 spiro atoms. The summed E-state index contributed by atoms with van der Waals surface area (Å²) >= 11 is 0. The molecule has 5 nitrogen and oxygen atoms in total. The molecule has 0 radical (unpaired) electrons. The average molecular weight is 282 g/mol. The number of ether oxygens (including phenoxy) is 3. The monoisotopic (exact) mass is 282 g/mol. The normalized spacial score (nSPS) is 14.2. The molecule has 0 aliphatic heterocycles. The molecule has 0 aliphatic rings. The summed E-state index contributed by atoms with van der Waals surface area (Å²) in [6, 6.07) is 5.47. The lowest BCUT2D eigenvalue weighted by molar-refractivity contribution is 0.00172. The lowest BCUT2D eigenvalue weighted by Crippen LogP contribution is -2.41. The summed E-state index contributed by atoms with van der Waals surface area (Å²) < 4.78 is 16.8. The summed E-state index contributed by atoms with van der Waals surface area (Å²) in [5, 5.41) is 0. The maximum absolute atomic E-state index is 5.86. The van der Waals surface area contributed by atoms with Crippen LogP contribution in [0.25, 0.3) is 0 Å². The molecule has 0 saturated heterocycles. The van der Waals surface area contributed by atoms with Crippen LogP contribution >= 0.6 is 0 Å². The maximum Gasteiger partial charge on any atom is 0.127 e. The number of hydrazine groups is 1. The van der Waals surface area contributed by atoms with Gasteiger partial charge in [-0.2, -0.15) is 0 Å². The van der Waals surface area contributed by atoms with Crippen molar-refractivity contribution in [3.05, 3.63) is 23.8 Å². The van der Waals surface area contributed by atoms with Crippen molar-refractivity contribution in [1.82, 2.24) is 5.43 Å². The molecule has 2 unspecified atom stereocenters. The average Bonchev–Trinajstić information content (AvgIpc) is 2.46. The predicted octanol–water partition coefficient (Wildman–Crippen LogP) is 2.27. The Kier molecular flexibility index (Phi) is 6.78. The first kappa shape index (κ1) is 16.8. The van der Waals surface area contributed by atoms with Gasteiger partial charge < -0.3 is 14.2 Å². The molecule has 0 aromatic heterocycles. The van der Waals surface area contributed by atoms with Gasteiger partial charge in [0, 0.05) is 6.61 Å². The third-order valence-electron chi connectivity index (χ3n) is 3.30. The van der Waals surface area contributed by atoms with E-state index in [-0.39, 0.29) is 12.1 Å². The number of benzene rings is 1. The Labute approximate surface area is 121 Å². The van der Waals surface area contributed by atoms with Crippen LogP contribution in [0.5, 0.6) is 11.5 Å². The first-order valence-electron chi connectivity index (χ1n) is 6.89. The summed E-state index contributed by atoms with van der Waals surface area (Å²) in [6.07, 6.45) is -0.0739. The summed E-state index contributed by atoms with van der Waals surface area (Å²) in [6.45, 7) is 6.81. The highest BCUT2D eigenvalue weighted by atomic mass is 16.5. The second-order valence-electron chi connectivity index (χ2n) is 4.88. The van der Waals surface area contributed by atoms with Gasteiger partial charge in [0.1, 0.15) is 11.5 Å². The lowest BCUT2D eigenvalue weighted by atomic mass is 9.92. The van der Waals surface area contributed by atoms with E-state index in [2.05, 4.69) is 19.3 Å². The van der Waals surface area contributed by atoms with E-state index in [4.69, 9.17) is 20.1 Å². The van der Waals surface area contributed by atoms with E-state index in [1.54, 1.807) is 14.2 Å². The van der Waals surface area contributed by atoms with E-state index in [0.717, 1.165) is 17.1 Å². The van der Waals surface area contributed by atoms with Gasteiger partial charge in [-0.25, -0.2) is 0 Å². The maximum atomic E-state index is 5.86. The Bertz CT molecular complexity index is 388. The number of methoxy groups -OCH3 is 2. The van der Waals surface area contributed by atoms with Crippen molar-refractivity contribution in [2.24, 2.45) is 11.8 Å². The minimum absolute atomic E-state index is 0.0739. The second-order valence-corrected chi connectivity index (χ2v) is 4.88. The van der Waals surface area contributed by atoms with Gasteiger partial charge in [-0.1, -0.05) is 19.9 Å². The van der Waals surface area contributed by atoms with Gasteiger partial charge in [-0.15, -0.1) is 0 Å². The van der Waals surface area contributed by atoms with Crippen molar-refractivity contribution in [2.45, 2.75) is 32.9 Å². The fraction of sp³-hybridized carbons (Fsp3) is 0.600. The van der Waals surface area contributed by atoms with E-state index in [1.165, 1.54) is 0 Å². The summed E-state index contributed by atoms with van der Waals surface area (Å²) in [5.41, 5.74) is 3.73. The first-order valence-corrected chi connectivity index (χ1v) is 6.89. The highest BCUT2D eigenvalue weighted by molar-refractivity contribution is 5.47. The van der Waals surface area contributed by atoms with Gasteiger partial charge in [0.05, 0.1) is 31.9 Å². The minimum Gasteiger partial charge on any atom is -0.496 e. The van der Waals surface area contributed by atoms with Gasteiger partial charge in [0.25, 0.3) is 0 Å². The minimum atomic E-state index is -0.207. The molecular formula is C15H26N2O3. The molecule has 0 heterocycles. The van der Waals surface area contributed by atoms with Crippen LogP contribution in [0.15, 0.2) is 18.2 Å². The van der Waals surface area contributed by atoms with Crippen LogP contribution in [0, 0.1) is 5.92 Å². The topological polar surface area (TPSA) is 65.7 Å². The zero-order valence-electron chi connectivity index (χ0n) is 13.0. The van der Waals surface area contributed by atoms with E-state index in [1.807, 2.05) is 25.1 Å². The SMILES string of the molecule is CCOC(C(C)C)C(NN)c1c(OC)cccc1OC. The molecule has 0 saturated carbocycles. The van der Waals surface area contributed by atoms with Crippen LogP contribution in [-0.2, 0) is 4.74 Å². The van der Waals surface area contributed by atoms with E-state index in [9.17, 15) is 0 Å². The standard InChI is InChI=1S/C15H26N2O3/c1-6-20-15(10(2)3)14(17-16)13-11(18-4)8-7-9-12(13)19-5/h7-10,14-15,17H,6,16H2,1-5H3. The Hall–Kier alpha value is -1.30. The number of hydrogen-bond acceptors (Lipinski definition) is 5. The van der Waals surface area contributed by atoms with Crippen LogP contribution < -0.4 is 20.7 Å².